The van der Waals surface area contributed by atoms with Gasteiger partial charge in [0.05, 0.1) is 24.9 Å². The standard InChI is InChI=1S/C23H24N4O3S/c1-30-20(29)8-5-15-27-22(21(25-23(27)31)18-6-2-3-13-24-18)19-7-4-14-26(19)16-9-11-17(28)12-10-16/h2-4,6-7,9-14,21-22,28H,5,8,15H2,1H3,(H,25,31)/t21-,22+/m1/s1. The highest BCUT2D eigenvalue weighted by atomic mass is 32.1. The minimum absolute atomic E-state index is 0.121. The third kappa shape index (κ3) is 4.39. The van der Waals surface area contributed by atoms with E-state index >= 15 is 0 Å². The van der Waals surface area contributed by atoms with E-state index in [1.54, 1.807) is 18.3 Å². The van der Waals surface area contributed by atoms with Crippen LogP contribution in [-0.4, -0.2) is 44.3 Å². The van der Waals surface area contributed by atoms with Crippen molar-refractivity contribution < 1.29 is 14.6 Å². The molecule has 4 rings (SSSR count). The molecule has 31 heavy (non-hydrogen) atoms. The van der Waals surface area contributed by atoms with E-state index in [0.29, 0.717) is 24.5 Å². The van der Waals surface area contributed by atoms with E-state index in [9.17, 15) is 9.90 Å². The summed E-state index contributed by atoms with van der Waals surface area (Å²) in [7, 11) is 1.40. The lowest BCUT2D eigenvalue weighted by Gasteiger charge is -2.29. The molecule has 0 saturated carbocycles. The molecule has 3 aromatic rings. The largest absolute Gasteiger partial charge is 0.508 e. The number of ether oxygens (including phenoxy) is 1. The molecule has 0 aliphatic carbocycles. The van der Waals surface area contributed by atoms with E-state index in [4.69, 9.17) is 17.0 Å². The van der Waals surface area contributed by atoms with Crippen molar-refractivity contribution in [2.75, 3.05) is 13.7 Å². The fourth-order valence-electron chi connectivity index (χ4n) is 3.95. The number of aromatic hydroxyl groups is 1. The molecule has 7 nitrogen and oxygen atoms in total. The van der Waals surface area contributed by atoms with E-state index in [1.165, 1.54) is 7.11 Å². The number of nitrogens with zero attached hydrogens (tertiary/aromatic N) is 3. The average molecular weight is 437 g/mol. The lowest BCUT2D eigenvalue weighted by molar-refractivity contribution is -0.140. The van der Waals surface area contributed by atoms with Crippen LogP contribution in [0.1, 0.15) is 36.3 Å². The second-order valence-corrected chi connectivity index (χ2v) is 7.71. The number of rotatable bonds is 7. The Labute approximate surface area is 186 Å². The number of esters is 1. The van der Waals surface area contributed by atoms with Gasteiger partial charge in [-0.05, 0) is 67.2 Å². The molecule has 2 N–H and O–H groups in total. The fraction of sp³-hybridized carbons (Fsp3) is 0.261. The maximum absolute atomic E-state index is 11.6. The second kappa shape index (κ2) is 9.18. The molecule has 0 amide bonds. The number of aromatic nitrogens is 2. The molecule has 2 atom stereocenters. The van der Waals surface area contributed by atoms with E-state index in [0.717, 1.165) is 17.1 Å². The quantitative estimate of drug-likeness (QED) is 0.433. The Hall–Kier alpha value is -3.39. The van der Waals surface area contributed by atoms with Crippen LogP contribution in [0.15, 0.2) is 67.0 Å². The second-order valence-electron chi connectivity index (χ2n) is 7.32. The first-order chi connectivity index (χ1) is 15.1. The van der Waals surface area contributed by atoms with Gasteiger partial charge in [-0.2, -0.15) is 0 Å². The zero-order valence-electron chi connectivity index (χ0n) is 17.1. The van der Waals surface area contributed by atoms with Crippen LogP contribution in [0.3, 0.4) is 0 Å². The summed E-state index contributed by atoms with van der Waals surface area (Å²) in [5.41, 5.74) is 2.86. The molecular formula is C23H24N4O3S. The number of phenolic OH excluding ortho intramolecular Hbond substituents is 1. The monoisotopic (exact) mass is 436 g/mol. The highest BCUT2D eigenvalue weighted by Crippen LogP contribution is 2.39. The molecule has 0 spiro atoms. The van der Waals surface area contributed by atoms with Crippen molar-refractivity contribution in [3.63, 3.8) is 0 Å². The summed E-state index contributed by atoms with van der Waals surface area (Å²) >= 11 is 5.68. The van der Waals surface area contributed by atoms with Crippen LogP contribution < -0.4 is 5.32 Å². The summed E-state index contributed by atoms with van der Waals surface area (Å²) < 4.78 is 6.86. The molecule has 1 aromatic carbocycles. The molecule has 1 saturated heterocycles. The lowest BCUT2D eigenvalue weighted by Crippen LogP contribution is -2.31. The molecule has 1 fully saturated rings. The van der Waals surface area contributed by atoms with Gasteiger partial charge in [-0.3, -0.25) is 9.78 Å². The van der Waals surface area contributed by atoms with Crippen molar-refractivity contribution >= 4 is 23.3 Å². The van der Waals surface area contributed by atoms with Crippen molar-refractivity contribution in [2.45, 2.75) is 24.9 Å². The normalized spacial score (nSPS) is 18.1. The number of methoxy groups -OCH3 is 1. The van der Waals surface area contributed by atoms with Gasteiger partial charge in [0, 0.05) is 36.7 Å². The fourth-order valence-corrected chi connectivity index (χ4v) is 4.28. The Morgan fingerprint density at radius 3 is 2.71 bits per heavy atom. The molecule has 1 aliphatic heterocycles. The third-order valence-electron chi connectivity index (χ3n) is 5.42. The van der Waals surface area contributed by atoms with Crippen molar-refractivity contribution in [3.8, 4) is 11.4 Å². The van der Waals surface area contributed by atoms with E-state index < -0.39 is 0 Å². The number of thiocarbonyl (C=S) groups is 1. The summed E-state index contributed by atoms with van der Waals surface area (Å²) in [5.74, 6) is -0.0136. The number of benzene rings is 1. The Morgan fingerprint density at radius 2 is 2.00 bits per heavy atom. The minimum atomic E-state index is -0.233. The zero-order valence-corrected chi connectivity index (χ0v) is 18.0. The van der Waals surface area contributed by atoms with Crippen molar-refractivity contribution in [3.05, 3.63) is 78.4 Å². The first-order valence-corrected chi connectivity index (χ1v) is 10.5. The van der Waals surface area contributed by atoms with Gasteiger partial charge < -0.3 is 24.6 Å². The Bertz CT molecular complexity index is 1050. The third-order valence-corrected chi connectivity index (χ3v) is 5.77. The van der Waals surface area contributed by atoms with Gasteiger partial charge in [0.2, 0.25) is 0 Å². The maximum atomic E-state index is 11.6. The molecule has 1 aliphatic rings. The molecule has 3 heterocycles. The number of carbonyl (C=O) groups is 1. The van der Waals surface area contributed by atoms with E-state index in [2.05, 4.69) is 25.8 Å². The first-order valence-electron chi connectivity index (χ1n) is 10.1. The molecule has 2 aromatic heterocycles. The maximum Gasteiger partial charge on any atom is 0.305 e. The molecular weight excluding hydrogens is 412 g/mol. The van der Waals surface area contributed by atoms with Gasteiger partial charge in [-0.25, -0.2) is 0 Å². The van der Waals surface area contributed by atoms with E-state index in [-0.39, 0.29) is 23.8 Å². The van der Waals surface area contributed by atoms with Gasteiger partial charge in [0.1, 0.15) is 5.75 Å². The molecule has 160 valence electrons. The van der Waals surface area contributed by atoms with Gasteiger partial charge in [-0.15, -0.1) is 0 Å². The van der Waals surface area contributed by atoms with Gasteiger partial charge in [0.15, 0.2) is 5.11 Å². The number of pyridine rings is 1. The molecule has 0 unspecified atom stereocenters. The van der Waals surface area contributed by atoms with Gasteiger partial charge >= 0.3 is 5.97 Å². The van der Waals surface area contributed by atoms with Crippen LogP contribution >= 0.6 is 12.2 Å². The topological polar surface area (TPSA) is 79.6 Å². The van der Waals surface area contributed by atoms with Crippen molar-refractivity contribution in [1.82, 2.24) is 19.8 Å². The van der Waals surface area contributed by atoms with Crippen LogP contribution in [0, 0.1) is 0 Å². The zero-order chi connectivity index (χ0) is 21.8. The highest BCUT2D eigenvalue weighted by molar-refractivity contribution is 7.80. The SMILES string of the molecule is COC(=O)CCCN1C(=S)N[C@H](c2ccccn2)[C@@H]1c1cccn1-c1ccc(O)cc1. The van der Waals surface area contributed by atoms with Crippen LogP contribution in [0.4, 0.5) is 0 Å². The summed E-state index contributed by atoms with van der Waals surface area (Å²) in [6.07, 6.45) is 4.72. The summed E-state index contributed by atoms with van der Waals surface area (Å²) in [5, 5.41) is 13.7. The highest BCUT2D eigenvalue weighted by Gasteiger charge is 2.41. The lowest BCUT2D eigenvalue weighted by atomic mass is 10.0. The molecule has 0 radical (unpaired) electrons. The van der Waals surface area contributed by atoms with Crippen LogP contribution in [0.25, 0.3) is 5.69 Å². The molecule has 8 heteroatoms. The average Bonchev–Trinajstić information content (AvgIpc) is 3.39. The minimum Gasteiger partial charge on any atom is -0.508 e. The van der Waals surface area contributed by atoms with Gasteiger partial charge in [0.25, 0.3) is 0 Å². The first kappa shape index (κ1) is 20.9. The predicted molar refractivity (Wildman–Crippen MR) is 121 cm³/mol. The smallest absolute Gasteiger partial charge is 0.305 e. The van der Waals surface area contributed by atoms with Crippen molar-refractivity contribution in [1.29, 1.82) is 0 Å². The summed E-state index contributed by atoms with van der Waals surface area (Å²) in [6.45, 7) is 0.607. The van der Waals surface area contributed by atoms with E-state index in [1.807, 2.05) is 42.6 Å². The number of carbonyl (C=O) groups excluding carboxylic acids is 1. The Kier molecular flexibility index (Phi) is 6.18. The Morgan fingerprint density at radius 1 is 1.19 bits per heavy atom. The number of nitrogens with one attached hydrogen (secondary N) is 1. The number of hydrogen-bond donors (Lipinski definition) is 2. The summed E-state index contributed by atoms with van der Waals surface area (Å²) in [4.78, 5) is 18.3. The van der Waals surface area contributed by atoms with Crippen LogP contribution in [0.2, 0.25) is 0 Å². The Balaban J connectivity index is 1.70. The van der Waals surface area contributed by atoms with Crippen LogP contribution in [0.5, 0.6) is 5.75 Å². The summed E-state index contributed by atoms with van der Waals surface area (Å²) in [6, 6.07) is 16.7. The molecule has 0 bridgehead atoms. The van der Waals surface area contributed by atoms with Gasteiger partial charge in [-0.1, -0.05) is 6.07 Å². The number of hydrogen-bond acceptors (Lipinski definition) is 5. The van der Waals surface area contributed by atoms with Crippen molar-refractivity contribution in [2.24, 2.45) is 0 Å². The number of phenols is 1. The predicted octanol–water partition coefficient (Wildman–Crippen LogP) is 3.50. The van der Waals surface area contributed by atoms with Crippen LogP contribution in [-0.2, 0) is 9.53 Å².